The second-order valence-corrected chi connectivity index (χ2v) is 4.76. The highest BCUT2D eigenvalue weighted by Gasteiger charge is 2.17. The molecule has 1 aromatic rings. The van der Waals surface area contributed by atoms with E-state index in [1.54, 1.807) is 0 Å². The van der Waals surface area contributed by atoms with Gasteiger partial charge in [0.2, 0.25) is 0 Å². The molecule has 0 saturated carbocycles. The molecule has 8 heteroatoms. The van der Waals surface area contributed by atoms with E-state index in [-0.39, 0.29) is 17.3 Å². The molecule has 0 saturated heterocycles. The highest BCUT2D eigenvalue weighted by molar-refractivity contribution is 6.41. The molecule has 0 aliphatic rings. The molecular weight excluding hydrogens is 306 g/mol. The van der Waals surface area contributed by atoms with E-state index < -0.39 is 29.6 Å². The SMILES string of the molecule is CCCC(O)CNC(=O)C(=O)Nc1cc(F)c(F)cc1Cl. The molecule has 0 aliphatic heterocycles. The number of aliphatic hydroxyl groups excluding tert-OH is 1. The second kappa shape index (κ2) is 7.90. The Kier molecular flexibility index (Phi) is 6.51. The molecule has 1 rings (SSSR count). The quantitative estimate of drug-likeness (QED) is 0.572. The fourth-order valence-electron chi connectivity index (χ4n) is 1.52. The van der Waals surface area contributed by atoms with Crippen LogP contribution >= 0.6 is 11.6 Å². The second-order valence-electron chi connectivity index (χ2n) is 4.35. The van der Waals surface area contributed by atoms with E-state index >= 15 is 0 Å². The maximum absolute atomic E-state index is 13.0. The molecule has 0 aromatic heterocycles. The van der Waals surface area contributed by atoms with Crippen molar-refractivity contribution >= 4 is 29.1 Å². The Hall–Kier alpha value is -1.73. The van der Waals surface area contributed by atoms with E-state index in [0.717, 1.165) is 6.42 Å². The Morgan fingerprint density at radius 1 is 1.29 bits per heavy atom. The highest BCUT2D eigenvalue weighted by Crippen LogP contribution is 2.24. The summed E-state index contributed by atoms with van der Waals surface area (Å²) in [5.41, 5.74) is -0.218. The summed E-state index contributed by atoms with van der Waals surface area (Å²) >= 11 is 5.63. The van der Waals surface area contributed by atoms with E-state index in [0.29, 0.717) is 18.6 Å². The number of anilines is 1. The Balaban J connectivity index is 2.60. The van der Waals surface area contributed by atoms with Crippen molar-refractivity contribution in [1.82, 2.24) is 5.32 Å². The molecule has 0 heterocycles. The van der Waals surface area contributed by atoms with E-state index in [1.165, 1.54) is 0 Å². The first-order valence-corrected chi connectivity index (χ1v) is 6.64. The number of carbonyl (C=O) groups excluding carboxylic acids is 2. The van der Waals surface area contributed by atoms with Gasteiger partial charge in [0.25, 0.3) is 0 Å². The number of hydrogen-bond donors (Lipinski definition) is 3. The van der Waals surface area contributed by atoms with Gasteiger partial charge >= 0.3 is 11.8 Å². The lowest BCUT2D eigenvalue weighted by Crippen LogP contribution is -2.39. The zero-order valence-electron chi connectivity index (χ0n) is 11.3. The number of carbonyl (C=O) groups is 2. The topological polar surface area (TPSA) is 78.4 Å². The predicted octanol–water partition coefficient (Wildman–Crippen LogP) is 1.83. The smallest absolute Gasteiger partial charge is 0.313 e. The maximum atomic E-state index is 13.0. The van der Waals surface area contributed by atoms with Gasteiger partial charge < -0.3 is 15.7 Å². The van der Waals surface area contributed by atoms with Gasteiger partial charge in [-0.05, 0) is 12.5 Å². The van der Waals surface area contributed by atoms with Gasteiger partial charge in [-0.3, -0.25) is 9.59 Å². The number of aliphatic hydroxyl groups is 1. The minimum atomic E-state index is -1.20. The number of benzene rings is 1. The molecular formula is C13H15ClF2N2O3. The van der Waals surface area contributed by atoms with Gasteiger partial charge in [-0.15, -0.1) is 0 Å². The van der Waals surface area contributed by atoms with E-state index in [9.17, 15) is 23.5 Å². The molecule has 0 radical (unpaired) electrons. The standard InChI is InChI=1S/C13H15ClF2N2O3/c1-2-3-7(19)6-17-12(20)13(21)18-11-5-10(16)9(15)4-8(11)14/h4-5,7,19H,2-3,6H2,1H3,(H,17,20)(H,18,21). The third kappa shape index (κ3) is 5.28. The van der Waals surface area contributed by atoms with Gasteiger partial charge in [-0.1, -0.05) is 24.9 Å². The fourth-order valence-corrected chi connectivity index (χ4v) is 1.72. The zero-order valence-corrected chi connectivity index (χ0v) is 12.0. The third-order valence-corrected chi connectivity index (χ3v) is 2.90. The van der Waals surface area contributed by atoms with Gasteiger partial charge in [-0.25, -0.2) is 8.78 Å². The van der Waals surface area contributed by atoms with Crippen molar-refractivity contribution in [3.05, 3.63) is 28.8 Å². The van der Waals surface area contributed by atoms with Gasteiger partial charge in [0.15, 0.2) is 11.6 Å². The Bertz CT molecular complexity index is 540. The molecule has 1 atom stereocenters. The van der Waals surface area contributed by atoms with Crippen LogP contribution in [-0.2, 0) is 9.59 Å². The summed E-state index contributed by atoms with van der Waals surface area (Å²) in [5.74, 6) is -4.46. The zero-order chi connectivity index (χ0) is 16.0. The van der Waals surface area contributed by atoms with Crippen molar-refractivity contribution in [3.8, 4) is 0 Å². The Labute approximate surface area is 125 Å². The van der Waals surface area contributed by atoms with Crippen LogP contribution in [0.5, 0.6) is 0 Å². The molecule has 1 unspecified atom stereocenters. The van der Waals surface area contributed by atoms with Crippen LogP contribution in [-0.4, -0.2) is 29.6 Å². The molecule has 1 aromatic carbocycles. The van der Waals surface area contributed by atoms with Crippen molar-refractivity contribution in [1.29, 1.82) is 0 Å². The predicted molar refractivity (Wildman–Crippen MR) is 73.9 cm³/mol. The lowest BCUT2D eigenvalue weighted by molar-refractivity contribution is -0.136. The van der Waals surface area contributed by atoms with Crippen molar-refractivity contribution in [3.63, 3.8) is 0 Å². The molecule has 0 fully saturated rings. The molecule has 116 valence electrons. The summed E-state index contributed by atoms with van der Waals surface area (Å²) in [7, 11) is 0. The van der Waals surface area contributed by atoms with E-state index in [1.807, 2.05) is 6.92 Å². The summed E-state index contributed by atoms with van der Waals surface area (Å²) in [6, 6.07) is 1.37. The molecule has 2 amide bonds. The number of amides is 2. The minimum absolute atomic E-state index is 0.0778. The summed E-state index contributed by atoms with van der Waals surface area (Å²) in [4.78, 5) is 23.0. The van der Waals surface area contributed by atoms with Crippen molar-refractivity contribution in [2.45, 2.75) is 25.9 Å². The third-order valence-electron chi connectivity index (χ3n) is 2.58. The number of halogens is 3. The van der Waals surface area contributed by atoms with Crippen LogP contribution in [0, 0.1) is 11.6 Å². The molecule has 5 nitrogen and oxygen atoms in total. The lowest BCUT2D eigenvalue weighted by Gasteiger charge is -2.11. The van der Waals surface area contributed by atoms with Crippen LogP contribution < -0.4 is 10.6 Å². The molecule has 21 heavy (non-hydrogen) atoms. The lowest BCUT2D eigenvalue weighted by atomic mass is 10.2. The summed E-state index contributed by atoms with van der Waals surface area (Å²) in [6.07, 6.45) is 0.462. The van der Waals surface area contributed by atoms with Gasteiger partial charge in [0.05, 0.1) is 16.8 Å². The van der Waals surface area contributed by atoms with Crippen LogP contribution in [0.2, 0.25) is 5.02 Å². The van der Waals surface area contributed by atoms with Gasteiger partial charge in [-0.2, -0.15) is 0 Å². The van der Waals surface area contributed by atoms with Crippen molar-refractivity contribution in [2.75, 3.05) is 11.9 Å². The number of rotatable bonds is 5. The van der Waals surface area contributed by atoms with Crippen molar-refractivity contribution in [2.24, 2.45) is 0 Å². The largest absolute Gasteiger partial charge is 0.391 e. The first kappa shape index (κ1) is 17.3. The fraction of sp³-hybridized carbons (Fsp3) is 0.385. The highest BCUT2D eigenvalue weighted by atomic mass is 35.5. The normalized spacial score (nSPS) is 11.9. The van der Waals surface area contributed by atoms with E-state index in [2.05, 4.69) is 10.6 Å². The van der Waals surface area contributed by atoms with Crippen LogP contribution in [0.15, 0.2) is 12.1 Å². The Morgan fingerprint density at radius 3 is 2.52 bits per heavy atom. The molecule has 3 N–H and O–H groups in total. The summed E-state index contributed by atoms with van der Waals surface area (Å²) in [5, 5.41) is 13.5. The summed E-state index contributed by atoms with van der Waals surface area (Å²) in [6.45, 7) is 1.79. The first-order valence-electron chi connectivity index (χ1n) is 6.27. The van der Waals surface area contributed by atoms with Gasteiger partial charge in [0, 0.05) is 12.6 Å². The number of nitrogens with one attached hydrogen (secondary N) is 2. The van der Waals surface area contributed by atoms with Crippen LogP contribution in [0.25, 0.3) is 0 Å². The molecule has 0 bridgehead atoms. The van der Waals surface area contributed by atoms with Crippen LogP contribution in [0.4, 0.5) is 14.5 Å². The van der Waals surface area contributed by atoms with Gasteiger partial charge in [0.1, 0.15) is 0 Å². The monoisotopic (exact) mass is 320 g/mol. The molecule has 0 spiro atoms. The Morgan fingerprint density at radius 2 is 1.90 bits per heavy atom. The summed E-state index contributed by atoms with van der Waals surface area (Å²) < 4.78 is 25.9. The number of hydrogen-bond acceptors (Lipinski definition) is 3. The minimum Gasteiger partial charge on any atom is -0.391 e. The average molecular weight is 321 g/mol. The first-order chi connectivity index (χ1) is 9.85. The molecule has 0 aliphatic carbocycles. The average Bonchev–Trinajstić information content (AvgIpc) is 2.42. The van der Waals surface area contributed by atoms with Crippen LogP contribution in [0.3, 0.4) is 0 Å². The van der Waals surface area contributed by atoms with E-state index in [4.69, 9.17) is 11.6 Å². The van der Waals surface area contributed by atoms with Crippen LogP contribution in [0.1, 0.15) is 19.8 Å². The van der Waals surface area contributed by atoms with Crippen molar-refractivity contribution < 1.29 is 23.5 Å². The maximum Gasteiger partial charge on any atom is 0.313 e.